The van der Waals surface area contributed by atoms with Gasteiger partial charge < -0.3 is 60.4 Å². The van der Waals surface area contributed by atoms with Gasteiger partial charge in [-0.3, -0.25) is 10.1 Å². The lowest BCUT2D eigenvalue weighted by Crippen LogP contribution is -2.65. The van der Waals surface area contributed by atoms with E-state index in [1.54, 1.807) is 0 Å². The molecule has 0 aliphatic carbocycles. The van der Waals surface area contributed by atoms with E-state index >= 15 is 0 Å². The van der Waals surface area contributed by atoms with Crippen LogP contribution >= 0.6 is 0 Å². The monoisotopic (exact) mass is 506 g/mol. The van der Waals surface area contributed by atoms with E-state index < -0.39 is 96.7 Å². The molecule has 2 aliphatic heterocycles. The number of aromatic carboxylic acids is 1. The van der Waals surface area contributed by atoms with Gasteiger partial charge in [-0.2, -0.15) is 0 Å². The average molecular weight is 506 g/mol. The summed E-state index contributed by atoms with van der Waals surface area (Å²) in [5.41, 5.74) is -1.36. The Hall–Kier alpha value is -2.51. The van der Waals surface area contributed by atoms with Crippen molar-refractivity contribution in [2.24, 2.45) is 0 Å². The number of ether oxygens (including phenoxy) is 3. The molecule has 2 fully saturated rings. The predicted octanol–water partition coefficient (Wildman–Crippen LogP) is -3.67. The zero-order valence-electron chi connectivity index (χ0n) is 17.9. The van der Waals surface area contributed by atoms with Crippen LogP contribution in [0.5, 0.6) is 0 Å². The van der Waals surface area contributed by atoms with Crippen molar-refractivity contribution in [1.29, 1.82) is 0 Å². The summed E-state index contributed by atoms with van der Waals surface area (Å²) in [6, 6.07) is 3.02. The van der Waals surface area contributed by atoms with Crippen LogP contribution < -0.4 is 5.32 Å². The molecule has 3 rings (SSSR count). The third-order valence-electron chi connectivity index (χ3n) is 5.74. The first-order valence-electron chi connectivity index (χ1n) is 10.4. The maximum Gasteiger partial charge on any atom is 0.342 e. The quantitative estimate of drug-likeness (QED) is 0.121. The molecule has 9 N–H and O–H groups in total. The van der Waals surface area contributed by atoms with Crippen LogP contribution in [0.15, 0.2) is 18.2 Å². The lowest BCUT2D eigenvalue weighted by molar-refractivity contribution is -0.385. The number of hydrogen-bond acceptors (Lipinski definition) is 14. The van der Waals surface area contributed by atoms with Crippen molar-refractivity contribution >= 4 is 17.3 Å². The van der Waals surface area contributed by atoms with Crippen LogP contribution in [0, 0.1) is 10.1 Å². The molecule has 0 aromatic heterocycles. The number of anilines is 1. The van der Waals surface area contributed by atoms with Gasteiger partial charge in [-0.05, 0) is 12.1 Å². The van der Waals surface area contributed by atoms with E-state index in [2.05, 4.69) is 5.32 Å². The Labute approximate surface area is 196 Å². The van der Waals surface area contributed by atoms with E-state index in [1.807, 2.05) is 0 Å². The fraction of sp³-hybridized carbons (Fsp3) is 0.632. The lowest BCUT2D eigenvalue weighted by atomic mass is 9.96. The molecule has 0 amide bonds. The normalized spacial score (nSPS) is 37.6. The number of aliphatic hydroxyl groups excluding tert-OH is 7. The Morgan fingerprint density at radius 2 is 1.63 bits per heavy atom. The van der Waals surface area contributed by atoms with Gasteiger partial charge in [0.2, 0.25) is 0 Å². The number of carbonyl (C=O) groups is 1. The molecule has 16 nitrogen and oxygen atoms in total. The molecule has 1 aromatic rings. The van der Waals surface area contributed by atoms with E-state index in [4.69, 9.17) is 19.3 Å². The Balaban J connectivity index is 1.76. The highest BCUT2D eigenvalue weighted by Gasteiger charge is 2.50. The highest BCUT2D eigenvalue weighted by Crippen LogP contribution is 2.31. The van der Waals surface area contributed by atoms with Gasteiger partial charge in [-0.1, -0.05) is 0 Å². The first-order chi connectivity index (χ1) is 16.5. The predicted molar refractivity (Wildman–Crippen MR) is 110 cm³/mol. The van der Waals surface area contributed by atoms with Gasteiger partial charge >= 0.3 is 5.97 Å². The summed E-state index contributed by atoms with van der Waals surface area (Å²) in [5, 5.41) is 92.9. The van der Waals surface area contributed by atoms with Gasteiger partial charge in [0.15, 0.2) is 12.5 Å². The smallest absolute Gasteiger partial charge is 0.342 e. The van der Waals surface area contributed by atoms with E-state index in [-0.39, 0.29) is 5.69 Å². The molecule has 0 saturated carbocycles. The summed E-state index contributed by atoms with van der Waals surface area (Å²) in [7, 11) is 0. The summed E-state index contributed by atoms with van der Waals surface area (Å²) in [5.74, 6) is -1.53. The first kappa shape index (κ1) is 27.1. The minimum atomic E-state index is -1.82. The van der Waals surface area contributed by atoms with Crippen molar-refractivity contribution < 1.29 is 64.8 Å². The molecule has 35 heavy (non-hydrogen) atoms. The topological polar surface area (TPSA) is 262 Å². The molecule has 0 unspecified atom stereocenters. The number of benzene rings is 1. The highest BCUT2D eigenvalue weighted by molar-refractivity contribution is 5.93. The molecule has 16 heteroatoms. The highest BCUT2D eigenvalue weighted by atomic mass is 16.7. The van der Waals surface area contributed by atoms with Gasteiger partial charge in [0.1, 0.15) is 54.4 Å². The van der Waals surface area contributed by atoms with Gasteiger partial charge in [0.05, 0.1) is 18.1 Å². The van der Waals surface area contributed by atoms with Crippen LogP contribution in [0.2, 0.25) is 0 Å². The standard InChI is InChI=1S/C19H26N2O14/c22-4-9-11(24)12(25)15(28)19(34-9)35-16-10(5-23)33-17(14(27)13(16)26)20-6-1-2-7(18(29)30)8(3-6)21(31)32/h1-3,9-17,19-20,22-28H,4-5H2,(H,29,30)/t9-,10-,11+,12+,13-,14+,15+,16+,17+,19+/m0/s1. The van der Waals surface area contributed by atoms with Crippen molar-refractivity contribution in [3.8, 4) is 0 Å². The lowest BCUT2D eigenvalue weighted by Gasteiger charge is -2.46. The zero-order valence-corrected chi connectivity index (χ0v) is 17.9. The molecule has 2 saturated heterocycles. The maximum atomic E-state index is 11.2. The number of rotatable bonds is 8. The molecule has 0 radical (unpaired) electrons. The molecule has 2 aliphatic rings. The average Bonchev–Trinajstić information content (AvgIpc) is 2.83. The second kappa shape index (κ2) is 11.0. The number of aliphatic hydroxyl groups is 7. The first-order valence-corrected chi connectivity index (χ1v) is 10.4. The number of nitrogens with one attached hydrogen (secondary N) is 1. The van der Waals surface area contributed by atoms with Crippen LogP contribution in [0.1, 0.15) is 10.4 Å². The Bertz CT molecular complexity index is 914. The van der Waals surface area contributed by atoms with Gasteiger partial charge in [0, 0.05) is 11.8 Å². The number of carboxylic acid groups (broad SMARTS) is 1. The number of nitrogens with zero attached hydrogens (tertiary/aromatic N) is 1. The maximum absolute atomic E-state index is 11.2. The van der Waals surface area contributed by atoms with Crippen LogP contribution in [-0.2, 0) is 14.2 Å². The third kappa shape index (κ3) is 5.51. The van der Waals surface area contributed by atoms with Crippen LogP contribution in [0.25, 0.3) is 0 Å². The van der Waals surface area contributed by atoms with Crippen molar-refractivity contribution in [3.05, 3.63) is 33.9 Å². The summed E-state index contributed by atoms with van der Waals surface area (Å²) in [6.45, 7) is -1.51. The summed E-state index contributed by atoms with van der Waals surface area (Å²) < 4.78 is 16.2. The molecular formula is C19H26N2O14. The Morgan fingerprint density at radius 1 is 0.971 bits per heavy atom. The number of hydrogen-bond donors (Lipinski definition) is 9. The van der Waals surface area contributed by atoms with Gasteiger partial charge in [-0.25, -0.2) is 4.79 Å². The minimum Gasteiger partial charge on any atom is -0.477 e. The molecule has 0 spiro atoms. The number of carboxylic acids is 1. The van der Waals surface area contributed by atoms with Crippen molar-refractivity contribution in [3.63, 3.8) is 0 Å². The molecule has 1 aromatic carbocycles. The largest absolute Gasteiger partial charge is 0.477 e. The second-order valence-electron chi connectivity index (χ2n) is 8.00. The second-order valence-corrected chi connectivity index (χ2v) is 8.00. The number of nitro benzene ring substituents is 1. The Morgan fingerprint density at radius 3 is 2.20 bits per heavy atom. The van der Waals surface area contributed by atoms with Crippen molar-refractivity contribution in [1.82, 2.24) is 0 Å². The number of nitro groups is 1. The molecular weight excluding hydrogens is 480 g/mol. The third-order valence-corrected chi connectivity index (χ3v) is 5.74. The van der Waals surface area contributed by atoms with Crippen LogP contribution in [-0.4, -0.2) is 126 Å². The summed E-state index contributed by atoms with van der Waals surface area (Å²) in [6.07, 6.45) is -16.2. The molecule has 10 atom stereocenters. The van der Waals surface area contributed by atoms with Crippen molar-refractivity contribution in [2.45, 2.75) is 61.3 Å². The molecule has 0 bridgehead atoms. The summed E-state index contributed by atoms with van der Waals surface area (Å²) in [4.78, 5) is 21.5. The van der Waals surface area contributed by atoms with Crippen molar-refractivity contribution in [2.75, 3.05) is 18.5 Å². The van der Waals surface area contributed by atoms with E-state index in [1.165, 1.54) is 6.07 Å². The molecule has 2 heterocycles. The minimum absolute atomic E-state index is 0.0389. The van der Waals surface area contributed by atoms with Crippen LogP contribution in [0.4, 0.5) is 11.4 Å². The van der Waals surface area contributed by atoms with E-state index in [0.717, 1.165) is 12.1 Å². The SMILES string of the molecule is O=C(O)c1ccc(N[C@@H]2O[C@@H](CO)[C@@H](O[C@H]3O[C@@H](CO)[C@@H](O)[C@@H](O)[C@H]3O)[C@@H](O)[C@H]2O)cc1[N+](=O)[O-]. The zero-order chi connectivity index (χ0) is 26.0. The van der Waals surface area contributed by atoms with E-state index in [9.17, 15) is 50.7 Å². The van der Waals surface area contributed by atoms with Gasteiger partial charge in [0.25, 0.3) is 5.69 Å². The Kier molecular flexibility index (Phi) is 8.54. The molecule has 196 valence electrons. The van der Waals surface area contributed by atoms with Gasteiger partial charge in [-0.15, -0.1) is 0 Å². The fourth-order valence-electron chi connectivity index (χ4n) is 3.83. The van der Waals surface area contributed by atoms with E-state index in [0.29, 0.717) is 0 Å². The fourth-order valence-corrected chi connectivity index (χ4v) is 3.83. The summed E-state index contributed by atoms with van der Waals surface area (Å²) >= 11 is 0. The van der Waals surface area contributed by atoms with Crippen LogP contribution in [0.3, 0.4) is 0 Å².